The van der Waals surface area contributed by atoms with Gasteiger partial charge < -0.3 is 9.64 Å². The third kappa shape index (κ3) is 2.68. The molecule has 1 spiro atoms. The molecule has 2 rings (SSSR count). The molecule has 0 atom stereocenters. The second-order valence-corrected chi connectivity index (χ2v) is 3.94. The largest absolute Gasteiger partial charge is 0.375 e. The first-order chi connectivity index (χ1) is 6.31. The van der Waals surface area contributed by atoms with Gasteiger partial charge in [-0.1, -0.05) is 13.8 Å². The summed E-state index contributed by atoms with van der Waals surface area (Å²) >= 11 is 0. The zero-order valence-electron chi connectivity index (χ0n) is 9.31. The van der Waals surface area contributed by atoms with Crippen molar-refractivity contribution in [3.05, 3.63) is 0 Å². The molecule has 13 heavy (non-hydrogen) atoms. The van der Waals surface area contributed by atoms with Crippen LogP contribution in [0.5, 0.6) is 0 Å². The Bertz CT molecular complexity index is 131. The van der Waals surface area contributed by atoms with Crippen LogP contribution in [0.15, 0.2) is 0 Å². The summed E-state index contributed by atoms with van der Waals surface area (Å²) in [5.74, 6) is 0. The van der Waals surface area contributed by atoms with Crippen LogP contribution in [0, 0.1) is 0 Å². The highest BCUT2D eigenvalue weighted by Crippen LogP contribution is 2.34. The van der Waals surface area contributed by atoms with E-state index in [1.54, 1.807) is 0 Å². The fourth-order valence-corrected chi connectivity index (χ4v) is 2.18. The van der Waals surface area contributed by atoms with Gasteiger partial charge in [0.15, 0.2) is 0 Å². The molecule has 0 aromatic rings. The Balaban J connectivity index is 0.000000396. The fraction of sp³-hybridized carbons (Fsp3) is 1.00. The minimum absolute atomic E-state index is 0.312. The molecule has 0 amide bonds. The third-order valence-electron chi connectivity index (χ3n) is 3.08. The van der Waals surface area contributed by atoms with Crippen LogP contribution in [-0.4, -0.2) is 37.2 Å². The first kappa shape index (κ1) is 11.0. The predicted molar refractivity (Wildman–Crippen MR) is 56.0 cm³/mol. The second kappa shape index (κ2) is 4.97. The van der Waals surface area contributed by atoms with Gasteiger partial charge in [-0.25, -0.2) is 0 Å². The summed E-state index contributed by atoms with van der Waals surface area (Å²) in [6, 6.07) is 0. The van der Waals surface area contributed by atoms with E-state index in [-0.39, 0.29) is 0 Å². The lowest BCUT2D eigenvalue weighted by atomic mass is 9.89. The molecule has 2 nitrogen and oxygen atoms in total. The molecule has 0 aromatic heterocycles. The molecule has 2 fully saturated rings. The number of ether oxygens (including phenoxy) is 1. The third-order valence-corrected chi connectivity index (χ3v) is 3.08. The molecule has 2 heterocycles. The van der Waals surface area contributed by atoms with Gasteiger partial charge in [-0.3, -0.25) is 0 Å². The van der Waals surface area contributed by atoms with Crippen LogP contribution in [0.25, 0.3) is 0 Å². The van der Waals surface area contributed by atoms with Crippen molar-refractivity contribution in [2.24, 2.45) is 0 Å². The summed E-state index contributed by atoms with van der Waals surface area (Å²) in [7, 11) is 2.20. The topological polar surface area (TPSA) is 12.5 Å². The highest BCUT2D eigenvalue weighted by atomic mass is 16.5. The van der Waals surface area contributed by atoms with Crippen molar-refractivity contribution >= 4 is 0 Å². The molecular formula is C11H23NO. The summed E-state index contributed by atoms with van der Waals surface area (Å²) in [4.78, 5) is 2.40. The van der Waals surface area contributed by atoms with Crippen molar-refractivity contribution in [2.75, 3.05) is 26.7 Å². The van der Waals surface area contributed by atoms with E-state index in [4.69, 9.17) is 4.74 Å². The first-order valence-electron chi connectivity index (χ1n) is 5.63. The van der Waals surface area contributed by atoms with Gasteiger partial charge in [-0.2, -0.15) is 0 Å². The predicted octanol–water partition coefficient (Wildman–Crippen LogP) is 2.29. The monoisotopic (exact) mass is 185 g/mol. The van der Waals surface area contributed by atoms with E-state index < -0.39 is 0 Å². The van der Waals surface area contributed by atoms with Crippen molar-refractivity contribution in [2.45, 2.75) is 45.1 Å². The quantitative estimate of drug-likeness (QED) is 0.574. The van der Waals surface area contributed by atoms with Gasteiger partial charge in [0.1, 0.15) is 0 Å². The molecule has 0 unspecified atom stereocenters. The van der Waals surface area contributed by atoms with E-state index in [1.165, 1.54) is 38.8 Å². The molecule has 0 aromatic carbocycles. The van der Waals surface area contributed by atoms with E-state index in [2.05, 4.69) is 11.9 Å². The Morgan fingerprint density at radius 2 is 1.69 bits per heavy atom. The molecule has 0 bridgehead atoms. The minimum Gasteiger partial charge on any atom is -0.375 e. The fourth-order valence-electron chi connectivity index (χ4n) is 2.18. The Morgan fingerprint density at radius 3 is 2.15 bits per heavy atom. The van der Waals surface area contributed by atoms with E-state index in [1.807, 2.05) is 13.8 Å². The van der Waals surface area contributed by atoms with Gasteiger partial charge >= 0.3 is 0 Å². The van der Waals surface area contributed by atoms with Crippen molar-refractivity contribution in [1.29, 1.82) is 0 Å². The Labute approximate surface area is 82.3 Å². The molecule has 2 aliphatic rings. The van der Waals surface area contributed by atoms with Gasteiger partial charge in [-0.15, -0.1) is 0 Å². The summed E-state index contributed by atoms with van der Waals surface area (Å²) in [6.45, 7) is 7.45. The molecule has 2 aliphatic heterocycles. The van der Waals surface area contributed by atoms with Crippen LogP contribution in [-0.2, 0) is 4.74 Å². The number of hydrogen-bond donors (Lipinski definition) is 0. The molecule has 0 aliphatic carbocycles. The molecule has 0 radical (unpaired) electrons. The van der Waals surface area contributed by atoms with Crippen LogP contribution in [0.2, 0.25) is 0 Å². The highest BCUT2D eigenvalue weighted by molar-refractivity contribution is 4.89. The summed E-state index contributed by atoms with van der Waals surface area (Å²) < 4.78 is 5.80. The van der Waals surface area contributed by atoms with Crippen LogP contribution in [0.1, 0.15) is 39.5 Å². The standard InChI is InChI=1S/C9H17NO.C2H6/c1-10-6-4-9(5-7-10)3-2-8-11-9;1-2/h2-8H2,1H3;1-2H3. The molecular weight excluding hydrogens is 162 g/mol. The summed E-state index contributed by atoms with van der Waals surface area (Å²) in [5, 5.41) is 0. The Morgan fingerprint density at radius 1 is 1.08 bits per heavy atom. The maximum atomic E-state index is 5.80. The number of hydrogen-bond acceptors (Lipinski definition) is 2. The zero-order valence-corrected chi connectivity index (χ0v) is 9.31. The molecule has 0 saturated carbocycles. The van der Waals surface area contributed by atoms with Crippen LogP contribution < -0.4 is 0 Å². The minimum atomic E-state index is 0.312. The van der Waals surface area contributed by atoms with Gasteiger partial charge in [0, 0.05) is 19.7 Å². The maximum absolute atomic E-state index is 5.80. The lowest BCUT2D eigenvalue weighted by Crippen LogP contribution is -2.42. The van der Waals surface area contributed by atoms with Crippen molar-refractivity contribution in [3.63, 3.8) is 0 Å². The number of piperidine rings is 1. The van der Waals surface area contributed by atoms with E-state index in [9.17, 15) is 0 Å². The molecule has 2 heteroatoms. The van der Waals surface area contributed by atoms with Crippen molar-refractivity contribution in [1.82, 2.24) is 4.90 Å². The summed E-state index contributed by atoms with van der Waals surface area (Å²) in [6.07, 6.45) is 5.09. The summed E-state index contributed by atoms with van der Waals surface area (Å²) in [5.41, 5.74) is 0.312. The van der Waals surface area contributed by atoms with Gasteiger partial charge in [0.25, 0.3) is 0 Å². The second-order valence-electron chi connectivity index (χ2n) is 3.94. The number of likely N-dealkylation sites (tertiary alicyclic amines) is 1. The van der Waals surface area contributed by atoms with E-state index >= 15 is 0 Å². The molecule has 78 valence electrons. The average Bonchev–Trinajstić information content (AvgIpc) is 2.63. The Hall–Kier alpha value is -0.0800. The number of nitrogens with zero attached hydrogens (tertiary/aromatic N) is 1. The average molecular weight is 185 g/mol. The number of rotatable bonds is 0. The maximum Gasteiger partial charge on any atom is 0.0707 e. The van der Waals surface area contributed by atoms with Crippen LogP contribution in [0.3, 0.4) is 0 Å². The normalized spacial score (nSPS) is 27.0. The molecule has 2 saturated heterocycles. The SMILES string of the molecule is CC.CN1CCC2(CCCO2)CC1. The lowest BCUT2D eigenvalue weighted by Gasteiger charge is -2.36. The zero-order chi connectivity index (χ0) is 9.73. The van der Waals surface area contributed by atoms with Gasteiger partial charge in [-0.05, 0) is 32.7 Å². The van der Waals surface area contributed by atoms with Crippen LogP contribution in [0.4, 0.5) is 0 Å². The smallest absolute Gasteiger partial charge is 0.0707 e. The first-order valence-corrected chi connectivity index (χ1v) is 5.63. The Kier molecular flexibility index (Phi) is 4.20. The van der Waals surface area contributed by atoms with E-state index in [0.29, 0.717) is 5.60 Å². The van der Waals surface area contributed by atoms with Gasteiger partial charge in [0.2, 0.25) is 0 Å². The van der Waals surface area contributed by atoms with Crippen LogP contribution >= 0.6 is 0 Å². The van der Waals surface area contributed by atoms with Crippen molar-refractivity contribution in [3.8, 4) is 0 Å². The van der Waals surface area contributed by atoms with Gasteiger partial charge in [0.05, 0.1) is 5.60 Å². The molecule has 0 N–H and O–H groups in total. The lowest BCUT2D eigenvalue weighted by molar-refractivity contribution is -0.0390. The highest BCUT2D eigenvalue weighted by Gasteiger charge is 2.37. The van der Waals surface area contributed by atoms with E-state index in [0.717, 1.165) is 6.61 Å². The van der Waals surface area contributed by atoms with Crippen molar-refractivity contribution < 1.29 is 4.74 Å².